The van der Waals surface area contributed by atoms with Gasteiger partial charge < -0.3 is 4.90 Å². The van der Waals surface area contributed by atoms with Gasteiger partial charge in [-0.05, 0) is 113 Å². The van der Waals surface area contributed by atoms with Gasteiger partial charge in [0, 0.05) is 17.8 Å². The Morgan fingerprint density at radius 2 is 1.40 bits per heavy atom. The van der Waals surface area contributed by atoms with Gasteiger partial charge in [0.1, 0.15) is 0 Å². The van der Waals surface area contributed by atoms with E-state index in [4.69, 9.17) is 0 Å². The first-order chi connectivity index (χ1) is 28.5. The van der Waals surface area contributed by atoms with Crippen molar-refractivity contribution in [2.45, 2.75) is 56.9 Å². The van der Waals surface area contributed by atoms with Crippen molar-refractivity contribution >= 4 is 5.57 Å². The van der Waals surface area contributed by atoms with Crippen LogP contribution in [0.3, 0.4) is 0 Å². The largest absolute Gasteiger partial charge is 0.345 e. The number of aryl methyl sites for hydroxylation is 1. The van der Waals surface area contributed by atoms with Gasteiger partial charge in [0.15, 0.2) is 0 Å². The average molecular weight is 754 g/mol. The first-order valence-corrected chi connectivity index (χ1v) is 20.6. The molecule has 0 saturated carbocycles. The first kappa shape index (κ1) is 39.8. The van der Waals surface area contributed by atoms with Crippen LogP contribution in [0.2, 0.25) is 0 Å². The van der Waals surface area contributed by atoms with Crippen molar-refractivity contribution in [3.8, 4) is 0 Å². The molecule has 2 aliphatic rings. The lowest BCUT2D eigenvalue weighted by Gasteiger charge is -2.36. The average Bonchev–Trinajstić information content (AvgIpc) is 3.53. The second kappa shape index (κ2) is 18.7. The highest BCUT2D eigenvalue weighted by Crippen LogP contribution is 2.55. The number of benzene rings is 5. The SMILES string of the molecule is C=CCCc1ccccc1CC(C=C)N(/C=C/C=C(\C=C)C1=CCC(c2ccccc2)C=C1)/C(C)=C/C1=C(C)c2ccccc2C1(c1ccccc1)c1ccccc1. The van der Waals surface area contributed by atoms with Crippen LogP contribution in [0, 0.1) is 0 Å². The van der Waals surface area contributed by atoms with Crippen molar-refractivity contribution < 1.29 is 0 Å². The number of nitrogens with zero attached hydrogens (tertiary/aromatic N) is 1. The van der Waals surface area contributed by atoms with Crippen LogP contribution in [0.25, 0.3) is 5.57 Å². The molecule has 5 aromatic rings. The second-order valence-electron chi connectivity index (χ2n) is 15.3. The summed E-state index contributed by atoms with van der Waals surface area (Å²) in [5, 5.41) is 0. The molecule has 2 unspecified atom stereocenters. The normalized spacial score (nSPS) is 16.8. The van der Waals surface area contributed by atoms with Crippen LogP contribution in [0.15, 0.2) is 243 Å². The molecular weight excluding hydrogens is 699 g/mol. The summed E-state index contributed by atoms with van der Waals surface area (Å²) >= 11 is 0. The topological polar surface area (TPSA) is 3.24 Å². The molecule has 1 nitrogen and oxygen atoms in total. The van der Waals surface area contributed by atoms with Crippen molar-refractivity contribution in [3.05, 3.63) is 282 Å². The Morgan fingerprint density at radius 3 is 2.02 bits per heavy atom. The molecule has 0 fully saturated rings. The van der Waals surface area contributed by atoms with Crippen LogP contribution in [0.1, 0.15) is 71.6 Å². The Kier molecular flexibility index (Phi) is 12.8. The molecule has 0 spiro atoms. The first-order valence-electron chi connectivity index (χ1n) is 20.6. The number of rotatable bonds is 16. The Hall–Kier alpha value is -6.44. The van der Waals surface area contributed by atoms with Crippen LogP contribution < -0.4 is 0 Å². The summed E-state index contributed by atoms with van der Waals surface area (Å²) in [6, 6.07) is 50.5. The van der Waals surface area contributed by atoms with Crippen molar-refractivity contribution in [3.63, 3.8) is 0 Å². The molecule has 0 bridgehead atoms. The van der Waals surface area contributed by atoms with Crippen molar-refractivity contribution in [2.75, 3.05) is 0 Å². The van der Waals surface area contributed by atoms with Gasteiger partial charge in [0.05, 0.1) is 11.5 Å². The summed E-state index contributed by atoms with van der Waals surface area (Å²) in [7, 11) is 0. The monoisotopic (exact) mass is 753 g/mol. The van der Waals surface area contributed by atoms with Gasteiger partial charge >= 0.3 is 0 Å². The van der Waals surface area contributed by atoms with E-state index in [-0.39, 0.29) is 6.04 Å². The van der Waals surface area contributed by atoms with Crippen molar-refractivity contribution in [1.82, 2.24) is 4.90 Å². The molecule has 2 atom stereocenters. The van der Waals surface area contributed by atoms with E-state index in [2.05, 4.69) is 227 Å². The van der Waals surface area contributed by atoms with Crippen LogP contribution in [-0.4, -0.2) is 10.9 Å². The Morgan fingerprint density at radius 1 is 0.776 bits per heavy atom. The number of hydrogen-bond acceptors (Lipinski definition) is 1. The van der Waals surface area contributed by atoms with E-state index in [1.807, 2.05) is 12.2 Å². The summed E-state index contributed by atoms with van der Waals surface area (Å²) in [5.74, 6) is 0.385. The molecule has 5 aromatic carbocycles. The summed E-state index contributed by atoms with van der Waals surface area (Å²) in [5.41, 5.74) is 14.7. The van der Waals surface area contributed by atoms with Gasteiger partial charge in [0.25, 0.3) is 0 Å². The number of hydrogen-bond donors (Lipinski definition) is 0. The summed E-state index contributed by atoms with van der Waals surface area (Å²) in [4.78, 5) is 2.41. The number of fused-ring (bicyclic) bond motifs is 1. The molecule has 0 radical (unpaired) electrons. The zero-order valence-electron chi connectivity index (χ0n) is 34.1. The predicted molar refractivity (Wildman–Crippen MR) is 248 cm³/mol. The highest BCUT2D eigenvalue weighted by molar-refractivity contribution is 5.86. The van der Waals surface area contributed by atoms with E-state index in [9.17, 15) is 0 Å². The highest BCUT2D eigenvalue weighted by Gasteiger charge is 2.46. The van der Waals surface area contributed by atoms with Crippen LogP contribution in [-0.2, 0) is 18.3 Å². The molecule has 0 aliphatic heterocycles. The molecule has 0 saturated heterocycles. The molecular formula is C57H55N. The van der Waals surface area contributed by atoms with E-state index in [0.717, 1.165) is 37.0 Å². The Labute approximate surface area is 347 Å². The molecule has 7 rings (SSSR count). The summed E-state index contributed by atoms with van der Waals surface area (Å²) < 4.78 is 0. The van der Waals surface area contributed by atoms with E-state index < -0.39 is 5.41 Å². The standard InChI is InChI=1S/C57H55N/c1-6-9-24-47-27-19-20-28-50(47)42-53(8-3)58(40-23-29-45(7-2)48-36-38-49(39-37-48)46-25-13-10-14-26-46)43(4)41-56-44(5)54-34-21-22-35-55(54)57(56,51-30-15-11-16-31-51)52-32-17-12-18-33-52/h6-8,10-23,25-38,40-41,49,53H,1-3,9,24,39,42H2,4-5H3/b40-23+,43-41+,45-29+. The summed E-state index contributed by atoms with van der Waals surface area (Å²) in [6.07, 6.45) is 25.7. The molecule has 0 aromatic heterocycles. The molecule has 288 valence electrons. The highest BCUT2D eigenvalue weighted by atomic mass is 15.1. The lowest BCUT2D eigenvalue weighted by atomic mass is 9.66. The molecule has 0 heterocycles. The van der Waals surface area contributed by atoms with Crippen LogP contribution >= 0.6 is 0 Å². The third-order valence-electron chi connectivity index (χ3n) is 11.9. The van der Waals surface area contributed by atoms with Gasteiger partial charge in [-0.1, -0.05) is 189 Å². The van der Waals surface area contributed by atoms with Crippen LogP contribution in [0.5, 0.6) is 0 Å². The maximum Gasteiger partial charge on any atom is 0.0710 e. The molecule has 0 N–H and O–H groups in total. The Bertz CT molecular complexity index is 2380. The third-order valence-corrected chi connectivity index (χ3v) is 11.9. The molecule has 0 amide bonds. The maximum atomic E-state index is 4.44. The van der Waals surface area contributed by atoms with Crippen LogP contribution in [0.4, 0.5) is 0 Å². The van der Waals surface area contributed by atoms with Gasteiger partial charge in [-0.2, -0.15) is 0 Å². The summed E-state index contributed by atoms with van der Waals surface area (Å²) in [6.45, 7) is 17.2. The quantitative estimate of drug-likeness (QED) is 0.0716. The zero-order valence-corrected chi connectivity index (χ0v) is 34.1. The van der Waals surface area contributed by atoms with Crippen molar-refractivity contribution in [2.24, 2.45) is 0 Å². The zero-order chi connectivity index (χ0) is 40.3. The minimum atomic E-state index is -0.492. The number of allylic oxidation sites excluding steroid dienone is 13. The Balaban J connectivity index is 1.32. The molecule has 58 heavy (non-hydrogen) atoms. The lowest BCUT2D eigenvalue weighted by Crippen LogP contribution is -2.32. The van der Waals surface area contributed by atoms with Gasteiger partial charge in [-0.3, -0.25) is 0 Å². The fraction of sp³-hybridized carbons (Fsp3) is 0.158. The van der Waals surface area contributed by atoms with E-state index in [1.54, 1.807) is 0 Å². The van der Waals surface area contributed by atoms with E-state index in [0.29, 0.717) is 5.92 Å². The smallest absolute Gasteiger partial charge is 0.0710 e. The molecule has 2 aliphatic carbocycles. The fourth-order valence-corrected chi connectivity index (χ4v) is 8.95. The molecule has 1 heteroatoms. The maximum absolute atomic E-state index is 4.44. The van der Waals surface area contributed by atoms with E-state index in [1.165, 1.54) is 55.7 Å². The third kappa shape index (κ3) is 8.18. The predicted octanol–water partition coefficient (Wildman–Crippen LogP) is 14.2. The van der Waals surface area contributed by atoms with Gasteiger partial charge in [0.2, 0.25) is 0 Å². The fourth-order valence-electron chi connectivity index (χ4n) is 8.95. The minimum Gasteiger partial charge on any atom is -0.345 e. The second-order valence-corrected chi connectivity index (χ2v) is 15.3. The van der Waals surface area contributed by atoms with Gasteiger partial charge in [-0.25, -0.2) is 0 Å². The van der Waals surface area contributed by atoms with Gasteiger partial charge in [-0.15, -0.1) is 13.2 Å². The lowest BCUT2D eigenvalue weighted by molar-refractivity contribution is 0.390. The van der Waals surface area contributed by atoms with E-state index >= 15 is 0 Å². The van der Waals surface area contributed by atoms with Crippen molar-refractivity contribution in [1.29, 1.82) is 0 Å². The minimum absolute atomic E-state index is 0.00841.